The Labute approximate surface area is 249 Å². The van der Waals surface area contributed by atoms with Crippen LogP contribution in [0.4, 0.5) is 0 Å². The second-order valence-corrected chi connectivity index (χ2v) is 9.47. The molecule has 5 aromatic carbocycles. The van der Waals surface area contributed by atoms with Crippen LogP contribution in [0.1, 0.15) is 0 Å². The van der Waals surface area contributed by atoms with E-state index in [1.807, 2.05) is 103 Å². The van der Waals surface area contributed by atoms with Crippen molar-refractivity contribution in [3.05, 3.63) is 133 Å². The summed E-state index contributed by atoms with van der Waals surface area (Å²) in [6, 6.07) is 43.1. The van der Waals surface area contributed by atoms with Gasteiger partial charge in [-0.3, -0.25) is 0 Å². The first-order chi connectivity index (χ1) is 19.7. The number of para-hydroxylation sites is 2. The first-order valence-corrected chi connectivity index (χ1v) is 13.0. The van der Waals surface area contributed by atoms with Gasteiger partial charge in [0.05, 0.1) is 11.4 Å². The Morgan fingerprint density at radius 3 is 1.68 bits per heavy atom. The topological polar surface area (TPSA) is 74.9 Å². The van der Waals surface area contributed by atoms with Crippen molar-refractivity contribution in [2.75, 3.05) is 0 Å². The minimum Gasteiger partial charge on any atom is -0.872 e. The van der Waals surface area contributed by atoms with Crippen LogP contribution in [0.5, 0.6) is 5.75 Å². The average molecular weight is 524 g/mol. The van der Waals surface area contributed by atoms with Crippen molar-refractivity contribution in [3.8, 4) is 62.2 Å². The summed E-state index contributed by atoms with van der Waals surface area (Å²) in [7, 11) is 0. The predicted molar refractivity (Wildman–Crippen MR) is 156 cm³/mol. The predicted octanol–water partition coefficient (Wildman–Crippen LogP) is 5.03. The Balaban J connectivity index is 0.00000302. The van der Waals surface area contributed by atoms with E-state index in [-0.39, 0.29) is 24.6 Å². The number of nitrogens with zero attached hydrogens (tertiary/aromatic N) is 3. The molecule has 190 valence electrons. The minimum absolute atomic E-state index is 0. The van der Waals surface area contributed by atoms with E-state index < -0.39 is 0 Å². The van der Waals surface area contributed by atoms with Crippen LogP contribution in [0.2, 0.25) is 0 Å². The maximum atomic E-state index is 12.7. The Morgan fingerprint density at radius 1 is 0.488 bits per heavy atom. The zero-order chi connectivity index (χ0) is 26.9. The Kier molecular flexibility index (Phi) is 7.22. The van der Waals surface area contributed by atoms with Crippen LogP contribution in [-0.2, 0) is 0 Å². The summed E-state index contributed by atoms with van der Waals surface area (Å²) in [4.78, 5) is 14.3. The molecular formula is C35H22LiN3O2. The van der Waals surface area contributed by atoms with E-state index in [1.165, 1.54) is 0 Å². The summed E-state index contributed by atoms with van der Waals surface area (Å²) < 4.78 is 5.87. The smallest absolute Gasteiger partial charge is 0.872 e. The molecule has 0 bridgehead atoms. The molecule has 0 saturated heterocycles. The van der Waals surface area contributed by atoms with Gasteiger partial charge in [0.1, 0.15) is 5.52 Å². The third-order valence-electron chi connectivity index (χ3n) is 6.85. The summed E-state index contributed by atoms with van der Waals surface area (Å²) >= 11 is 0. The Bertz CT molecular complexity index is 1860. The molecule has 41 heavy (non-hydrogen) atoms. The van der Waals surface area contributed by atoms with Gasteiger partial charge in [-0.25, -0.2) is 15.0 Å². The van der Waals surface area contributed by atoms with Crippen LogP contribution in [0, 0.1) is 0 Å². The molecule has 0 atom stereocenters. The van der Waals surface area contributed by atoms with Gasteiger partial charge in [-0.1, -0.05) is 115 Å². The zero-order valence-corrected chi connectivity index (χ0v) is 22.4. The normalized spacial score (nSPS) is 10.8. The van der Waals surface area contributed by atoms with E-state index in [2.05, 4.69) is 29.2 Å². The third-order valence-corrected chi connectivity index (χ3v) is 6.85. The molecule has 0 radical (unpaired) electrons. The Morgan fingerprint density at radius 2 is 1.05 bits per heavy atom. The van der Waals surface area contributed by atoms with Crippen molar-refractivity contribution in [1.82, 2.24) is 15.0 Å². The molecule has 0 aliphatic rings. The Hall–Kier alpha value is -4.95. The van der Waals surface area contributed by atoms with Gasteiger partial charge in [0.2, 0.25) is 5.89 Å². The first kappa shape index (κ1) is 26.3. The molecule has 7 rings (SSSR count). The van der Waals surface area contributed by atoms with Crippen LogP contribution < -0.4 is 24.0 Å². The summed E-state index contributed by atoms with van der Waals surface area (Å²) in [6.45, 7) is 0. The van der Waals surface area contributed by atoms with Gasteiger partial charge in [0, 0.05) is 22.3 Å². The van der Waals surface area contributed by atoms with Crippen molar-refractivity contribution in [2.45, 2.75) is 0 Å². The number of benzene rings is 5. The van der Waals surface area contributed by atoms with E-state index in [9.17, 15) is 5.11 Å². The molecule has 0 fully saturated rings. The monoisotopic (exact) mass is 523 g/mol. The molecule has 0 amide bonds. The quantitative estimate of drug-likeness (QED) is 0.296. The number of fused-ring (bicyclic) bond motifs is 1. The number of hydrogen-bond acceptors (Lipinski definition) is 5. The maximum Gasteiger partial charge on any atom is 1.00 e. The van der Waals surface area contributed by atoms with Gasteiger partial charge in [0.15, 0.2) is 11.4 Å². The van der Waals surface area contributed by atoms with Gasteiger partial charge in [-0.2, -0.15) is 0 Å². The van der Waals surface area contributed by atoms with Crippen LogP contribution in [-0.4, -0.2) is 15.0 Å². The van der Waals surface area contributed by atoms with Crippen molar-refractivity contribution < 1.29 is 28.4 Å². The summed E-state index contributed by atoms with van der Waals surface area (Å²) in [5, 5.41) is 12.7. The molecule has 0 N–H and O–H groups in total. The van der Waals surface area contributed by atoms with E-state index in [0.717, 1.165) is 44.7 Å². The van der Waals surface area contributed by atoms with E-state index in [4.69, 9.17) is 14.4 Å². The molecule has 6 heteroatoms. The van der Waals surface area contributed by atoms with Gasteiger partial charge in [0.25, 0.3) is 0 Å². The van der Waals surface area contributed by atoms with E-state index in [1.54, 1.807) is 6.07 Å². The minimum atomic E-state index is -0.133. The fourth-order valence-electron chi connectivity index (χ4n) is 4.77. The molecule has 0 aliphatic carbocycles. The summed E-state index contributed by atoms with van der Waals surface area (Å²) in [5.41, 5.74) is 8.36. The SMILES string of the molecule is [Li+].[O-]c1ccc(-c2ccc(-c3nc(-c4ccccc4)cc(-c4ccccc4)n3)cc2)cc1-c1nc2ccccc2o1. The van der Waals surface area contributed by atoms with Crippen molar-refractivity contribution in [2.24, 2.45) is 0 Å². The van der Waals surface area contributed by atoms with E-state index >= 15 is 0 Å². The molecule has 0 aliphatic heterocycles. The van der Waals surface area contributed by atoms with Crippen molar-refractivity contribution >= 4 is 11.1 Å². The van der Waals surface area contributed by atoms with Gasteiger partial charge in [-0.15, -0.1) is 0 Å². The largest absolute Gasteiger partial charge is 1.00 e. The molecular weight excluding hydrogens is 501 g/mol. The maximum absolute atomic E-state index is 12.7. The van der Waals surface area contributed by atoms with Crippen molar-refractivity contribution in [1.29, 1.82) is 0 Å². The molecule has 2 aromatic heterocycles. The van der Waals surface area contributed by atoms with Gasteiger partial charge >= 0.3 is 18.9 Å². The first-order valence-electron chi connectivity index (χ1n) is 13.0. The third kappa shape index (κ3) is 5.29. The standard InChI is InChI=1S/C35H23N3O2.Li/c39-32-20-19-27(21-28(32)35-38-29-13-7-8-14-33(29)40-35)23-15-17-26(18-16-23)34-36-30(24-9-3-1-4-10-24)22-31(37-34)25-11-5-2-6-12-25;/h1-22,39H;/q;+1/p-1. The van der Waals surface area contributed by atoms with Gasteiger partial charge in [-0.05, 0) is 35.4 Å². The second kappa shape index (κ2) is 11.3. The zero-order valence-electron chi connectivity index (χ0n) is 22.4. The number of rotatable bonds is 5. The number of hydrogen-bond donors (Lipinski definition) is 0. The summed E-state index contributed by atoms with van der Waals surface area (Å²) in [6.07, 6.45) is 0. The van der Waals surface area contributed by atoms with Crippen LogP contribution >= 0.6 is 0 Å². The number of oxazole rings is 1. The average Bonchev–Trinajstić information content (AvgIpc) is 3.46. The van der Waals surface area contributed by atoms with Crippen molar-refractivity contribution in [3.63, 3.8) is 0 Å². The fraction of sp³-hybridized carbons (Fsp3) is 0. The van der Waals surface area contributed by atoms with Gasteiger partial charge < -0.3 is 9.52 Å². The van der Waals surface area contributed by atoms with Crippen LogP contribution in [0.15, 0.2) is 138 Å². The molecule has 0 saturated carbocycles. The molecule has 5 nitrogen and oxygen atoms in total. The van der Waals surface area contributed by atoms with Crippen LogP contribution in [0.25, 0.3) is 67.6 Å². The fourth-order valence-corrected chi connectivity index (χ4v) is 4.77. The molecule has 0 unspecified atom stereocenters. The molecule has 0 spiro atoms. The van der Waals surface area contributed by atoms with E-state index in [0.29, 0.717) is 22.9 Å². The molecule has 2 heterocycles. The number of aromatic nitrogens is 3. The van der Waals surface area contributed by atoms with Crippen LogP contribution in [0.3, 0.4) is 0 Å². The second-order valence-electron chi connectivity index (χ2n) is 9.47. The molecule has 7 aromatic rings. The summed E-state index contributed by atoms with van der Waals surface area (Å²) in [5.74, 6) is 0.838.